The SMILES string of the molecule is C#CCN(C)C(=O)c1cc(F)ccc1F. The molecule has 2 nitrogen and oxygen atoms in total. The van der Waals surface area contributed by atoms with Crippen LogP contribution in [0.25, 0.3) is 0 Å². The molecule has 0 aliphatic heterocycles. The van der Waals surface area contributed by atoms with Gasteiger partial charge in [0.05, 0.1) is 12.1 Å². The number of hydrogen-bond donors (Lipinski definition) is 0. The van der Waals surface area contributed by atoms with Crippen LogP contribution in [0.15, 0.2) is 18.2 Å². The standard InChI is InChI=1S/C11H9F2NO/c1-3-6-14(2)11(15)9-7-8(12)4-5-10(9)13/h1,4-5,7H,6H2,2H3. The first-order valence-corrected chi connectivity index (χ1v) is 4.20. The smallest absolute Gasteiger partial charge is 0.257 e. The van der Waals surface area contributed by atoms with Crippen LogP contribution in [0.4, 0.5) is 8.78 Å². The van der Waals surface area contributed by atoms with Crippen LogP contribution < -0.4 is 0 Å². The summed E-state index contributed by atoms with van der Waals surface area (Å²) in [5.74, 6) is 0.189. The second kappa shape index (κ2) is 4.56. The third-order valence-electron chi connectivity index (χ3n) is 1.83. The number of amides is 1. The molecule has 4 heteroatoms. The maximum absolute atomic E-state index is 13.2. The highest BCUT2D eigenvalue weighted by molar-refractivity contribution is 5.94. The molecule has 15 heavy (non-hydrogen) atoms. The number of carbonyl (C=O) groups excluding carboxylic acids is 1. The Morgan fingerprint density at radius 3 is 2.80 bits per heavy atom. The van der Waals surface area contributed by atoms with E-state index in [1.165, 1.54) is 7.05 Å². The summed E-state index contributed by atoms with van der Waals surface area (Å²) in [6, 6.07) is 2.71. The summed E-state index contributed by atoms with van der Waals surface area (Å²) in [6.45, 7) is 0.0504. The molecule has 0 N–H and O–H groups in total. The zero-order valence-corrected chi connectivity index (χ0v) is 8.13. The Hall–Kier alpha value is -1.89. The van der Waals surface area contributed by atoms with Gasteiger partial charge in [-0.25, -0.2) is 8.78 Å². The highest BCUT2D eigenvalue weighted by atomic mass is 19.1. The Labute approximate surface area is 86.5 Å². The molecular formula is C11H9F2NO. The van der Waals surface area contributed by atoms with E-state index in [1.54, 1.807) is 0 Å². The Morgan fingerprint density at radius 2 is 2.20 bits per heavy atom. The van der Waals surface area contributed by atoms with Crippen LogP contribution in [0.5, 0.6) is 0 Å². The van der Waals surface area contributed by atoms with Crippen LogP contribution in [0.2, 0.25) is 0 Å². The van der Waals surface area contributed by atoms with Crippen molar-refractivity contribution in [2.24, 2.45) is 0 Å². The second-order valence-electron chi connectivity index (χ2n) is 2.99. The van der Waals surface area contributed by atoms with Gasteiger partial charge in [0.25, 0.3) is 5.91 Å². The summed E-state index contributed by atoms with van der Waals surface area (Å²) in [4.78, 5) is 12.7. The van der Waals surface area contributed by atoms with Crippen molar-refractivity contribution < 1.29 is 13.6 Å². The van der Waals surface area contributed by atoms with Crippen LogP contribution in [0, 0.1) is 24.0 Å². The zero-order chi connectivity index (χ0) is 11.4. The first kappa shape index (κ1) is 11.2. The number of benzene rings is 1. The molecule has 78 valence electrons. The normalized spacial score (nSPS) is 9.47. The summed E-state index contributed by atoms with van der Waals surface area (Å²) in [7, 11) is 1.42. The Bertz CT molecular complexity index is 423. The fourth-order valence-electron chi connectivity index (χ4n) is 1.08. The minimum absolute atomic E-state index is 0.0504. The fourth-order valence-corrected chi connectivity index (χ4v) is 1.08. The Kier molecular flexibility index (Phi) is 3.40. The second-order valence-corrected chi connectivity index (χ2v) is 2.99. The highest BCUT2D eigenvalue weighted by Crippen LogP contribution is 2.11. The molecule has 0 bridgehead atoms. The van der Waals surface area contributed by atoms with Crippen molar-refractivity contribution in [1.82, 2.24) is 4.90 Å². The van der Waals surface area contributed by atoms with Gasteiger partial charge >= 0.3 is 0 Å². The third-order valence-corrected chi connectivity index (χ3v) is 1.83. The van der Waals surface area contributed by atoms with Gasteiger partial charge in [-0.2, -0.15) is 0 Å². The van der Waals surface area contributed by atoms with E-state index in [0.29, 0.717) is 0 Å². The van der Waals surface area contributed by atoms with Gasteiger partial charge in [-0.3, -0.25) is 4.79 Å². The molecule has 0 aliphatic carbocycles. The molecule has 0 saturated heterocycles. The number of terminal acetylenes is 1. The first-order valence-electron chi connectivity index (χ1n) is 4.20. The van der Waals surface area contributed by atoms with E-state index in [0.717, 1.165) is 23.1 Å². The molecule has 0 aliphatic rings. The zero-order valence-electron chi connectivity index (χ0n) is 8.13. The maximum atomic E-state index is 13.2. The summed E-state index contributed by atoms with van der Waals surface area (Å²) in [5.41, 5.74) is -0.312. The van der Waals surface area contributed by atoms with E-state index in [-0.39, 0.29) is 12.1 Å². The number of nitrogens with zero attached hydrogens (tertiary/aromatic N) is 1. The van der Waals surface area contributed by atoms with Crippen molar-refractivity contribution in [3.8, 4) is 12.3 Å². The minimum atomic E-state index is -0.759. The molecule has 1 aromatic carbocycles. The molecule has 1 aromatic rings. The highest BCUT2D eigenvalue weighted by Gasteiger charge is 2.15. The molecule has 0 fully saturated rings. The van der Waals surface area contributed by atoms with Gasteiger partial charge in [-0.05, 0) is 18.2 Å². The lowest BCUT2D eigenvalue weighted by atomic mass is 10.2. The van der Waals surface area contributed by atoms with Crippen LogP contribution >= 0.6 is 0 Å². The lowest BCUT2D eigenvalue weighted by molar-refractivity contribution is 0.0807. The molecule has 0 atom stereocenters. The van der Waals surface area contributed by atoms with Crippen molar-refractivity contribution in [1.29, 1.82) is 0 Å². The predicted molar refractivity (Wildman–Crippen MR) is 52.2 cm³/mol. The molecule has 1 rings (SSSR count). The third kappa shape index (κ3) is 2.53. The van der Waals surface area contributed by atoms with Crippen molar-refractivity contribution in [3.63, 3.8) is 0 Å². The first-order chi connectivity index (χ1) is 7.06. The molecule has 0 heterocycles. The van der Waals surface area contributed by atoms with Crippen LogP contribution in [0.3, 0.4) is 0 Å². The molecule has 0 radical (unpaired) electrons. The van der Waals surface area contributed by atoms with Crippen LogP contribution in [-0.2, 0) is 0 Å². The number of carbonyl (C=O) groups is 1. The maximum Gasteiger partial charge on any atom is 0.257 e. The van der Waals surface area contributed by atoms with Gasteiger partial charge in [0.1, 0.15) is 11.6 Å². The van der Waals surface area contributed by atoms with E-state index in [4.69, 9.17) is 6.42 Å². The largest absolute Gasteiger partial charge is 0.330 e. The number of halogens is 2. The molecule has 0 saturated carbocycles. The average molecular weight is 209 g/mol. The topological polar surface area (TPSA) is 20.3 Å². The van der Waals surface area contributed by atoms with E-state index < -0.39 is 17.5 Å². The van der Waals surface area contributed by atoms with Gasteiger partial charge in [-0.1, -0.05) is 5.92 Å². The monoisotopic (exact) mass is 209 g/mol. The minimum Gasteiger partial charge on any atom is -0.330 e. The summed E-state index contributed by atoms with van der Waals surface area (Å²) >= 11 is 0. The van der Waals surface area contributed by atoms with Crippen molar-refractivity contribution in [2.75, 3.05) is 13.6 Å². The van der Waals surface area contributed by atoms with Crippen molar-refractivity contribution in [3.05, 3.63) is 35.4 Å². The van der Waals surface area contributed by atoms with E-state index in [1.807, 2.05) is 0 Å². The lowest BCUT2D eigenvalue weighted by Gasteiger charge is -2.14. The molecule has 0 unspecified atom stereocenters. The molecule has 1 amide bonds. The average Bonchev–Trinajstić information content (AvgIpc) is 2.21. The van der Waals surface area contributed by atoms with E-state index >= 15 is 0 Å². The summed E-state index contributed by atoms with van der Waals surface area (Å²) in [5, 5.41) is 0. The van der Waals surface area contributed by atoms with Crippen molar-refractivity contribution >= 4 is 5.91 Å². The predicted octanol–water partition coefficient (Wildman–Crippen LogP) is 1.67. The lowest BCUT2D eigenvalue weighted by Crippen LogP contribution is -2.27. The van der Waals surface area contributed by atoms with E-state index in [9.17, 15) is 13.6 Å². The van der Waals surface area contributed by atoms with Crippen LogP contribution in [0.1, 0.15) is 10.4 Å². The van der Waals surface area contributed by atoms with Crippen LogP contribution in [-0.4, -0.2) is 24.4 Å². The van der Waals surface area contributed by atoms with Gasteiger partial charge < -0.3 is 4.90 Å². The van der Waals surface area contributed by atoms with Gasteiger partial charge in [-0.15, -0.1) is 6.42 Å². The van der Waals surface area contributed by atoms with Gasteiger partial charge in [0.15, 0.2) is 0 Å². The van der Waals surface area contributed by atoms with Gasteiger partial charge in [0.2, 0.25) is 0 Å². The molecular weight excluding hydrogens is 200 g/mol. The molecule has 0 aromatic heterocycles. The Morgan fingerprint density at radius 1 is 1.53 bits per heavy atom. The number of hydrogen-bond acceptors (Lipinski definition) is 1. The number of rotatable bonds is 2. The fraction of sp³-hybridized carbons (Fsp3) is 0.182. The Balaban J connectivity index is 3.01. The molecule has 0 spiro atoms. The van der Waals surface area contributed by atoms with E-state index in [2.05, 4.69) is 5.92 Å². The van der Waals surface area contributed by atoms with Gasteiger partial charge in [0, 0.05) is 7.05 Å². The summed E-state index contributed by atoms with van der Waals surface area (Å²) in [6.07, 6.45) is 5.00. The van der Waals surface area contributed by atoms with Crippen molar-refractivity contribution in [2.45, 2.75) is 0 Å². The summed E-state index contributed by atoms with van der Waals surface area (Å²) < 4.78 is 25.9. The quantitative estimate of drug-likeness (QED) is 0.678.